The minimum atomic E-state index is -0.366. The first kappa shape index (κ1) is 13.9. The van der Waals surface area contributed by atoms with Crippen LogP contribution in [0.25, 0.3) is 0 Å². The molecule has 2 heterocycles. The van der Waals surface area contributed by atoms with E-state index in [-0.39, 0.29) is 11.9 Å². The highest BCUT2D eigenvalue weighted by molar-refractivity contribution is 6.02. The number of anilines is 2. The Hall–Kier alpha value is -2.57. The van der Waals surface area contributed by atoms with Gasteiger partial charge in [-0.25, -0.2) is 9.97 Å². The molecule has 0 unspecified atom stereocenters. The number of nitrogens with one attached hydrogen (secondary N) is 2. The van der Waals surface area contributed by atoms with Crippen LogP contribution < -0.4 is 10.6 Å². The topological polar surface area (TPSA) is 92.7 Å². The van der Waals surface area contributed by atoms with Crippen molar-refractivity contribution in [3.8, 4) is 0 Å². The predicted octanol–water partition coefficient (Wildman–Crippen LogP) is 1.57. The molecule has 0 aliphatic heterocycles. The van der Waals surface area contributed by atoms with Gasteiger partial charge in [-0.15, -0.1) is 5.10 Å². The van der Waals surface area contributed by atoms with Crippen LogP contribution in [0.1, 0.15) is 28.8 Å². The molecule has 0 atom stereocenters. The highest BCUT2D eigenvalue weighted by Gasteiger charge is 2.11. The van der Waals surface area contributed by atoms with Gasteiger partial charge in [0.1, 0.15) is 11.5 Å². The number of aromatic nitrogens is 4. The summed E-state index contributed by atoms with van der Waals surface area (Å²) in [5.41, 5.74) is 1.75. The lowest BCUT2D eigenvalue weighted by molar-refractivity contribution is 0.102. The second kappa shape index (κ2) is 6.05. The van der Waals surface area contributed by atoms with Crippen LogP contribution in [0.15, 0.2) is 18.2 Å². The van der Waals surface area contributed by atoms with Gasteiger partial charge in [-0.05, 0) is 32.9 Å². The molecule has 0 radical (unpaired) electrons. The van der Waals surface area contributed by atoms with E-state index < -0.39 is 0 Å². The molecule has 2 aromatic rings. The average molecular weight is 272 g/mol. The van der Waals surface area contributed by atoms with Crippen LogP contribution in [0.3, 0.4) is 0 Å². The molecule has 7 heteroatoms. The molecule has 0 fully saturated rings. The fourth-order valence-electron chi connectivity index (χ4n) is 1.52. The van der Waals surface area contributed by atoms with Gasteiger partial charge in [0, 0.05) is 6.54 Å². The van der Waals surface area contributed by atoms with Crippen molar-refractivity contribution in [3.05, 3.63) is 35.3 Å². The van der Waals surface area contributed by atoms with Crippen LogP contribution in [0.5, 0.6) is 0 Å². The molecule has 2 rings (SSSR count). The number of carbonyl (C=O) groups excluding carboxylic acids is 1. The molecule has 0 aliphatic rings. The maximum atomic E-state index is 12.1. The lowest BCUT2D eigenvalue weighted by Crippen LogP contribution is -2.17. The number of pyridine rings is 1. The van der Waals surface area contributed by atoms with E-state index in [1.54, 1.807) is 18.2 Å². The molecule has 2 N–H and O–H groups in total. The van der Waals surface area contributed by atoms with E-state index in [1.807, 2.05) is 20.8 Å². The van der Waals surface area contributed by atoms with E-state index in [4.69, 9.17) is 0 Å². The Labute approximate surface area is 116 Å². The number of aryl methyl sites for hydroxylation is 2. The Bertz CT molecular complexity index is 628. The quantitative estimate of drug-likeness (QED) is 0.877. The molecule has 1 amide bonds. The molecule has 0 aromatic carbocycles. The average Bonchev–Trinajstić information content (AvgIpc) is 2.43. The van der Waals surface area contributed by atoms with Gasteiger partial charge in [-0.2, -0.15) is 5.10 Å². The number of nitrogens with zero attached hydrogens (tertiary/aromatic N) is 4. The SMILES string of the molecule is CCNc1cccc(C(=O)Nc2nnc(C)c(C)n2)n1. The molecule has 0 saturated heterocycles. The van der Waals surface area contributed by atoms with E-state index in [0.717, 1.165) is 17.9 Å². The maximum Gasteiger partial charge on any atom is 0.276 e. The molecule has 104 valence electrons. The van der Waals surface area contributed by atoms with Crippen LogP contribution in [0.2, 0.25) is 0 Å². The summed E-state index contributed by atoms with van der Waals surface area (Å²) in [6.45, 7) is 6.32. The Balaban J connectivity index is 2.15. The van der Waals surface area contributed by atoms with Crippen LogP contribution in [-0.4, -0.2) is 32.6 Å². The van der Waals surface area contributed by atoms with Gasteiger partial charge in [0.2, 0.25) is 5.95 Å². The Morgan fingerprint density at radius 2 is 1.95 bits per heavy atom. The zero-order chi connectivity index (χ0) is 14.5. The summed E-state index contributed by atoms with van der Waals surface area (Å²) in [6.07, 6.45) is 0. The standard InChI is InChI=1S/C13H16N6O/c1-4-14-11-7-5-6-10(16-11)12(20)17-13-15-8(2)9(3)18-19-13/h5-7H,4H2,1-3H3,(H,14,16)(H,15,17,19,20). The molecule has 2 aromatic heterocycles. The van der Waals surface area contributed by atoms with Gasteiger partial charge in [0.05, 0.1) is 11.4 Å². The zero-order valence-corrected chi connectivity index (χ0v) is 11.6. The first-order chi connectivity index (χ1) is 9.60. The van der Waals surface area contributed by atoms with Gasteiger partial charge in [0.25, 0.3) is 5.91 Å². The lowest BCUT2D eigenvalue weighted by atomic mass is 10.3. The number of hydrogen-bond acceptors (Lipinski definition) is 6. The van der Waals surface area contributed by atoms with Crippen molar-refractivity contribution in [3.63, 3.8) is 0 Å². The molecule has 7 nitrogen and oxygen atoms in total. The first-order valence-electron chi connectivity index (χ1n) is 6.30. The minimum Gasteiger partial charge on any atom is -0.370 e. The van der Waals surface area contributed by atoms with E-state index in [2.05, 4.69) is 30.8 Å². The molecule has 0 saturated carbocycles. The largest absolute Gasteiger partial charge is 0.370 e. The van der Waals surface area contributed by atoms with Crippen molar-refractivity contribution in [1.29, 1.82) is 0 Å². The van der Waals surface area contributed by atoms with Crippen molar-refractivity contribution in [2.75, 3.05) is 17.2 Å². The molecular weight excluding hydrogens is 256 g/mol. The second-order valence-corrected chi connectivity index (χ2v) is 4.20. The van der Waals surface area contributed by atoms with Crippen LogP contribution in [0.4, 0.5) is 11.8 Å². The number of rotatable bonds is 4. The molecule has 0 spiro atoms. The highest BCUT2D eigenvalue weighted by atomic mass is 16.2. The fourth-order valence-corrected chi connectivity index (χ4v) is 1.52. The van der Waals surface area contributed by atoms with Crippen molar-refractivity contribution >= 4 is 17.7 Å². The highest BCUT2D eigenvalue weighted by Crippen LogP contribution is 2.07. The number of hydrogen-bond donors (Lipinski definition) is 2. The third-order valence-electron chi connectivity index (χ3n) is 2.66. The summed E-state index contributed by atoms with van der Waals surface area (Å²) in [5.74, 6) is 0.461. The van der Waals surface area contributed by atoms with Gasteiger partial charge in [0.15, 0.2) is 0 Å². The molecule has 0 aliphatic carbocycles. The van der Waals surface area contributed by atoms with E-state index in [0.29, 0.717) is 11.5 Å². The molecule has 0 bridgehead atoms. The van der Waals surface area contributed by atoms with Crippen LogP contribution in [-0.2, 0) is 0 Å². The van der Waals surface area contributed by atoms with Crippen molar-refractivity contribution < 1.29 is 4.79 Å². The van der Waals surface area contributed by atoms with E-state index in [9.17, 15) is 4.79 Å². The third kappa shape index (κ3) is 3.25. The molecule has 20 heavy (non-hydrogen) atoms. The number of carbonyl (C=O) groups is 1. The Morgan fingerprint density at radius 3 is 2.65 bits per heavy atom. The van der Waals surface area contributed by atoms with E-state index in [1.165, 1.54) is 0 Å². The summed E-state index contributed by atoms with van der Waals surface area (Å²) >= 11 is 0. The van der Waals surface area contributed by atoms with Gasteiger partial charge < -0.3 is 5.32 Å². The van der Waals surface area contributed by atoms with Crippen LogP contribution >= 0.6 is 0 Å². The van der Waals surface area contributed by atoms with Gasteiger partial charge in [-0.3, -0.25) is 10.1 Å². The summed E-state index contributed by atoms with van der Waals surface area (Å²) in [7, 11) is 0. The normalized spacial score (nSPS) is 10.2. The Morgan fingerprint density at radius 1 is 1.15 bits per heavy atom. The summed E-state index contributed by atoms with van der Waals surface area (Å²) in [4.78, 5) is 20.4. The summed E-state index contributed by atoms with van der Waals surface area (Å²) in [5, 5.41) is 13.4. The smallest absolute Gasteiger partial charge is 0.276 e. The van der Waals surface area contributed by atoms with Gasteiger partial charge >= 0.3 is 0 Å². The lowest BCUT2D eigenvalue weighted by Gasteiger charge is -2.06. The minimum absolute atomic E-state index is 0.175. The fraction of sp³-hybridized carbons (Fsp3) is 0.308. The van der Waals surface area contributed by atoms with E-state index >= 15 is 0 Å². The number of amides is 1. The van der Waals surface area contributed by atoms with Crippen LogP contribution in [0, 0.1) is 13.8 Å². The summed E-state index contributed by atoms with van der Waals surface area (Å²) < 4.78 is 0. The van der Waals surface area contributed by atoms with Crippen molar-refractivity contribution in [1.82, 2.24) is 20.2 Å². The van der Waals surface area contributed by atoms with Crippen molar-refractivity contribution in [2.24, 2.45) is 0 Å². The third-order valence-corrected chi connectivity index (χ3v) is 2.66. The van der Waals surface area contributed by atoms with Crippen molar-refractivity contribution in [2.45, 2.75) is 20.8 Å². The Kier molecular flexibility index (Phi) is 4.19. The van der Waals surface area contributed by atoms with Gasteiger partial charge in [-0.1, -0.05) is 6.07 Å². The predicted molar refractivity (Wildman–Crippen MR) is 75.7 cm³/mol. The zero-order valence-electron chi connectivity index (χ0n) is 11.6. The second-order valence-electron chi connectivity index (χ2n) is 4.20. The summed E-state index contributed by atoms with van der Waals surface area (Å²) in [6, 6.07) is 5.19. The monoisotopic (exact) mass is 272 g/mol. The molecular formula is C13H16N6O. The maximum absolute atomic E-state index is 12.1. The first-order valence-corrected chi connectivity index (χ1v) is 6.30.